The molecule has 1 aliphatic heterocycles. The van der Waals surface area contributed by atoms with Gasteiger partial charge in [0, 0.05) is 24.4 Å². The molecule has 6 heteroatoms. The molecule has 0 aliphatic carbocycles. The van der Waals surface area contributed by atoms with Crippen molar-refractivity contribution in [3.05, 3.63) is 47.9 Å². The molecule has 0 spiro atoms. The van der Waals surface area contributed by atoms with Gasteiger partial charge in [0.2, 0.25) is 0 Å². The fourth-order valence-corrected chi connectivity index (χ4v) is 2.44. The van der Waals surface area contributed by atoms with E-state index in [9.17, 15) is 4.79 Å². The van der Waals surface area contributed by atoms with Crippen LogP contribution in [0.25, 0.3) is 11.0 Å². The van der Waals surface area contributed by atoms with E-state index in [0.717, 1.165) is 22.3 Å². The lowest BCUT2D eigenvalue weighted by molar-refractivity contribution is 0.0535. The first-order valence-electron chi connectivity index (χ1n) is 6.55. The zero-order valence-corrected chi connectivity index (χ0v) is 11.3. The number of rotatable bonds is 2. The van der Waals surface area contributed by atoms with Gasteiger partial charge in [0.15, 0.2) is 0 Å². The molecule has 0 bridgehead atoms. The number of pyridine rings is 1. The van der Waals surface area contributed by atoms with Crippen LogP contribution in [-0.4, -0.2) is 20.5 Å². The number of aromatic nitrogens is 3. The molecular formula is C15H12N4O2. The van der Waals surface area contributed by atoms with Crippen LogP contribution in [0.1, 0.15) is 15.9 Å². The van der Waals surface area contributed by atoms with Gasteiger partial charge in [0.05, 0.1) is 23.6 Å². The SMILES string of the molecule is Cn1cnc2cnc(Nc3ccc4c(c3)C(=O)OC4)cc21. The molecule has 0 fully saturated rings. The van der Waals surface area contributed by atoms with Crippen molar-refractivity contribution in [2.45, 2.75) is 6.61 Å². The van der Waals surface area contributed by atoms with Crippen LogP contribution in [0.2, 0.25) is 0 Å². The second kappa shape index (κ2) is 4.31. The summed E-state index contributed by atoms with van der Waals surface area (Å²) in [5, 5.41) is 3.20. The van der Waals surface area contributed by atoms with Gasteiger partial charge in [0.25, 0.3) is 0 Å². The first kappa shape index (κ1) is 11.9. The summed E-state index contributed by atoms with van der Waals surface area (Å²) in [4.78, 5) is 20.1. The van der Waals surface area contributed by atoms with E-state index in [-0.39, 0.29) is 5.97 Å². The first-order valence-corrected chi connectivity index (χ1v) is 6.55. The van der Waals surface area contributed by atoms with Crippen LogP contribution < -0.4 is 5.32 Å². The minimum atomic E-state index is -0.274. The van der Waals surface area contributed by atoms with Crippen molar-refractivity contribution in [2.24, 2.45) is 7.05 Å². The molecule has 2 aromatic heterocycles. The van der Waals surface area contributed by atoms with Crippen molar-refractivity contribution in [1.29, 1.82) is 0 Å². The molecule has 21 heavy (non-hydrogen) atoms. The lowest BCUT2D eigenvalue weighted by Crippen LogP contribution is -1.98. The highest BCUT2D eigenvalue weighted by Gasteiger charge is 2.21. The summed E-state index contributed by atoms with van der Waals surface area (Å²) in [5.41, 5.74) is 4.18. The van der Waals surface area contributed by atoms with Gasteiger partial charge >= 0.3 is 5.97 Å². The van der Waals surface area contributed by atoms with Crippen molar-refractivity contribution >= 4 is 28.5 Å². The minimum Gasteiger partial charge on any atom is -0.457 e. The summed E-state index contributed by atoms with van der Waals surface area (Å²) in [6.07, 6.45) is 3.47. The monoisotopic (exact) mass is 280 g/mol. The van der Waals surface area contributed by atoms with Gasteiger partial charge in [-0.15, -0.1) is 0 Å². The number of hydrogen-bond acceptors (Lipinski definition) is 5. The maximum absolute atomic E-state index is 11.6. The molecular weight excluding hydrogens is 268 g/mol. The maximum atomic E-state index is 11.6. The number of benzene rings is 1. The molecule has 1 aromatic carbocycles. The van der Waals surface area contributed by atoms with Crippen LogP contribution in [-0.2, 0) is 18.4 Å². The van der Waals surface area contributed by atoms with Crippen molar-refractivity contribution in [1.82, 2.24) is 14.5 Å². The summed E-state index contributed by atoms with van der Waals surface area (Å²) in [7, 11) is 1.94. The van der Waals surface area contributed by atoms with Crippen LogP contribution in [0.15, 0.2) is 36.8 Å². The Kier molecular flexibility index (Phi) is 2.44. The topological polar surface area (TPSA) is 69.0 Å². The number of carbonyl (C=O) groups is 1. The van der Waals surface area contributed by atoms with E-state index in [2.05, 4.69) is 15.3 Å². The van der Waals surface area contributed by atoms with Crippen molar-refractivity contribution in [3.63, 3.8) is 0 Å². The van der Waals surface area contributed by atoms with Gasteiger partial charge in [0.1, 0.15) is 17.9 Å². The Bertz CT molecular complexity index is 869. The summed E-state index contributed by atoms with van der Waals surface area (Å²) >= 11 is 0. The lowest BCUT2D eigenvalue weighted by atomic mass is 10.1. The van der Waals surface area contributed by atoms with Gasteiger partial charge < -0.3 is 14.6 Å². The van der Waals surface area contributed by atoms with E-state index in [1.165, 1.54) is 0 Å². The lowest BCUT2D eigenvalue weighted by Gasteiger charge is -2.07. The van der Waals surface area contributed by atoms with Gasteiger partial charge in [-0.1, -0.05) is 6.07 Å². The van der Waals surface area contributed by atoms with Crippen LogP contribution in [0.4, 0.5) is 11.5 Å². The summed E-state index contributed by atoms with van der Waals surface area (Å²) in [5.74, 6) is 0.432. The van der Waals surface area contributed by atoms with Crippen LogP contribution in [0.5, 0.6) is 0 Å². The van der Waals surface area contributed by atoms with E-state index in [1.54, 1.807) is 18.6 Å². The highest BCUT2D eigenvalue weighted by atomic mass is 16.5. The Morgan fingerprint density at radius 1 is 1.29 bits per heavy atom. The number of esters is 1. The second-order valence-electron chi connectivity index (χ2n) is 4.99. The van der Waals surface area contributed by atoms with Crippen LogP contribution in [0, 0.1) is 0 Å². The third-order valence-corrected chi connectivity index (χ3v) is 3.57. The number of nitrogens with one attached hydrogen (secondary N) is 1. The standard InChI is InChI=1S/C15H12N4O2/c1-19-8-17-12-6-16-14(5-13(12)19)18-10-3-2-9-7-21-15(20)11(9)4-10/h2-6,8H,7H2,1H3,(H,16,18). The number of hydrogen-bond donors (Lipinski definition) is 1. The molecule has 3 aromatic rings. The molecule has 3 heterocycles. The fraction of sp³-hybridized carbons (Fsp3) is 0.133. The predicted molar refractivity (Wildman–Crippen MR) is 77.4 cm³/mol. The van der Waals surface area contributed by atoms with Crippen LogP contribution in [0.3, 0.4) is 0 Å². The zero-order valence-electron chi connectivity index (χ0n) is 11.3. The quantitative estimate of drug-likeness (QED) is 0.730. The minimum absolute atomic E-state index is 0.274. The smallest absolute Gasteiger partial charge is 0.338 e. The number of aryl methyl sites for hydroxylation is 1. The number of fused-ring (bicyclic) bond motifs is 2. The van der Waals surface area contributed by atoms with E-state index in [4.69, 9.17) is 4.74 Å². The van der Waals surface area contributed by atoms with Gasteiger partial charge in [-0.25, -0.2) is 14.8 Å². The zero-order chi connectivity index (χ0) is 14.4. The molecule has 104 valence electrons. The van der Waals surface area contributed by atoms with E-state index >= 15 is 0 Å². The largest absolute Gasteiger partial charge is 0.457 e. The van der Waals surface area contributed by atoms with Crippen molar-refractivity contribution < 1.29 is 9.53 Å². The average Bonchev–Trinajstić information content (AvgIpc) is 3.04. The number of ether oxygens (including phenoxy) is 1. The highest BCUT2D eigenvalue weighted by molar-refractivity contribution is 5.94. The molecule has 0 saturated heterocycles. The van der Waals surface area contributed by atoms with Crippen molar-refractivity contribution in [2.75, 3.05) is 5.32 Å². The number of carbonyl (C=O) groups excluding carboxylic acids is 1. The van der Waals surface area contributed by atoms with Gasteiger partial charge in [-0.2, -0.15) is 0 Å². The molecule has 4 rings (SSSR count). The number of imidazole rings is 1. The second-order valence-corrected chi connectivity index (χ2v) is 4.99. The number of cyclic esters (lactones) is 1. The molecule has 0 amide bonds. The first-order chi connectivity index (χ1) is 10.2. The predicted octanol–water partition coefficient (Wildman–Crippen LogP) is 2.38. The molecule has 0 unspecified atom stereocenters. The number of anilines is 2. The molecule has 6 nitrogen and oxygen atoms in total. The molecule has 1 N–H and O–H groups in total. The molecule has 0 atom stereocenters. The maximum Gasteiger partial charge on any atom is 0.338 e. The summed E-state index contributed by atoms with van der Waals surface area (Å²) < 4.78 is 6.93. The summed E-state index contributed by atoms with van der Waals surface area (Å²) in [6.45, 7) is 0.355. The van der Waals surface area contributed by atoms with E-state index < -0.39 is 0 Å². The average molecular weight is 280 g/mol. The number of nitrogens with zero attached hydrogens (tertiary/aromatic N) is 3. The molecule has 0 saturated carbocycles. The normalized spacial score (nSPS) is 13.3. The van der Waals surface area contributed by atoms with Crippen LogP contribution >= 0.6 is 0 Å². The fourth-order valence-electron chi connectivity index (χ4n) is 2.44. The van der Waals surface area contributed by atoms with E-state index in [0.29, 0.717) is 18.0 Å². The van der Waals surface area contributed by atoms with E-state index in [1.807, 2.05) is 29.8 Å². The Morgan fingerprint density at radius 3 is 3.10 bits per heavy atom. The van der Waals surface area contributed by atoms with Gasteiger partial charge in [-0.05, 0) is 12.1 Å². The molecule has 0 radical (unpaired) electrons. The molecule has 1 aliphatic rings. The van der Waals surface area contributed by atoms with Gasteiger partial charge in [-0.3, -0.25) is 0 Å². The Hall–Kier alpha value is -2.89. The Balaban J connectivity index is 1.69. The Labute approximate surface area is 120 Å². The van der Waals surface area contributed by atoms with Crippen molar-refractivity contribution in [3.8, 4) is 0 Å². The third-order valence-electron chi connectivity index (χ3n) is 3.57. The summed E-state index contributed by atoms with van der Waals surface area (Å²) in [6, 6.07) is 7.52. The third kappa shape index (κ3) is 1.92. The highest BCUT2D eigenvalue weighted by Crippen LogP contribution is 2.25. The Morgan fingerprint density at radius 2 is 2.19 bits per heavy atom.